The molecule has 0 radical (unpaired) electrons. The predicted molar refractivity (Wildman–Crippen MR) is 124 cm³/mol. The average Bonchev–Trinajstić information content (AvgIpc) is 3.40. The zero-order valence-corrected chi connectivity index (χ0v) is 18.8. The molecule has 1 aliphatic rings. The van der Waals surface area contributed by atoms with Gasteiger partial charge in [0.1, 0.15) is 11.8 Å². The van der Waals surface area contributed by atoms with Gasteiger partial charge < -0.3 is 9.64 Å². The molecule has 0 saturated carbocycles. The number of imide groups is 1. The van der Waals surface area contributed by atoms with Crippen molar-refractivity contribution < 1.29 is 19.1 Å². The van der Waals surface area contributed by atoms with E-state index in [0.717, 1.165) is 10.4 Å². The van der Waals surface area contributed by atoms with E-state index in [2.05, 4.69) is 0 Å². The molecular weight excluding hydrogens is 424 g/mol. The molecule has 0 bridgehead atoms. The van der Waals surface area contributed by atoms with Crippen LogP contribution in [0.25, 0.3) is 0 Å². The lowest BCUT2D eigenvalue weighted by molar-refractivity contribution is -0.122. The van der Waals surface area contributed by atoms with Crippen molar-refractivity contribution >= 4 is 34.7 Å². The fourth-order valence-electron chi connectivity index (χ4n) is 3.74. The number of aryl methyl sites for hydroxylation is 1. The van der Waals surface area contributed by atoms with Crippen LogP contribution in [0.2, 0.25) is 0 Å². The van der Waals surface area contributed by atoms with Crippen LogP contribution in [0.1, 0.15) is 34.1 Å². The van der Waals surface area contributed by atoms with Gasteiger partial charge in [0.2, 0.25) is 5.91 Å². The van der Waals surface area contributed by atoms with E-state index in [0.29, 0.717) is 23.6 Å². The summed E-state index contributed by atoms with van der Waals surface area (Å²) in [5.41, 5.74) is 2.01. The number of carbonyl (C=O) groups excluding carboxylic acids is 3. The van der Waals surface area contributed by atoms with Crippen molar-refractivity contribution in [3.63, 3.8) is 0 Å². The lowest BCUT2D eigenvalue weighted by Gasteiger charge is -2.27. The summed E-state index contributed by atoms with van der Waals surface area (Å²) >= 11 is 1.51. The topological polar surface area (TPSA) is 66.9 Å². The van der Waals surface area contributed by atoms with E-state index in [9.17, 15) is 14.4 Å². The Morgan fingerprint density at radius 2 is 1.81 bits per heavy atom. The number of carbonyl (C=O) groups is 3. The second kappa shape index (κ2) is 9.36. The number of hydrogen-bond acceptors (Lipinski definition) is 5. The van der Waals surface area contributed by atoms with Crippen molar-refractivity contribution in [1.82, 2.24) is 4.90 Å². The Bertz CT molecular complexity index is 1110. The first-order valence-corrected chi connectivity index (χ1v) is 11.4. The van der Waals surface area contributed by atoms with Gasteiger partial charge in [0.15, 0.2) is 0 Å². The van der Waals surface area contributed by atoms with Crippen molar-refractivity contribution in [2.45, 2.75) is 32.9 Å². The van der Waals surface area contributed by atoms with E-state index in [1.807, 2.05) is 43.5 Å². The van der Waals surface area contributed by atoms with Crippen LogP contribution in [-0.2, 0) is 16.1 Å². The average molecular weight is 449 g/mol. The molecule has 6 nitrogen and oxygen atoms in total. The van der Waals surface area contributed by atoms with Gasteiger partial charge in [0.25, 0.3) is 11.8 Å². The Labute approximate surface area is 191 Å². The van der Waals surface area contributed by atoms with Crippen LogP contribution in [0, 0.1) is 6.92 Å². The van der Waals surface area contributed by atoms with E-state index >= 15 is 0 Å². The quantitative estimate of drug-likeness (QED) is 0.502. The first-order valence-electron chi connectivity index (χ1n) is 10.5. The highest BCUT2D eigenvalue weighted by Crippen LogP contribution is 2.29. The molecule has 0 aliphatic carbocycles. The van der Waals surface area contributed by atoms with Gasteiger partial charge in [-0.2, -0.15) is 0 Å². The molecule has 1 saturated heterocycles. The Balaban J connectivity index is 1.63. The van der Waals surface area contributed by atoms with Gasteiger partial charge in [-0.25, -0.2) is 4.90 Å². The summed E-state index contributed by atoms with van der Waals surface area (Å²) in [7, 11) is 0. The molecule has 3 amide bonds. The molecular formula is C25H24N2O4S. The van der Waals surface area contributed by atoms with E-state index in [-0.39, 0.29) is 24.8 Å². The van der Waals surface area contributed by atoms with Gasteiger partial charge in [-0.15, -0.1) is 11.3 Å². The van der Waals surface area contributed by atoms with E-state index < -0.39 is 11.9 Å². The first kappa shape index (κ1) is 21.8. The van der Waals surface area contributed by atoms with Crippen molar-refractivity contribution in [1.29, 1.82) is 0 Å². The molecule has 7 heteroatoms. The number of rotatable bonds is 7. The fraction of sp³-hybridized carbons (Fsp3) is 0.240. The number of ether oxygens (including phenoxy) is 1. The maximum atomic E-state index is 13.4. The summed E-state index contributed by atoms with van der Waals surface area (Å²) in [6, 6.07) is 17.0. The zero-order valence-electron chi connectivity index (χ0n) is 18.0. The van der Waals surface area contributed by atoms with Crippen molar-refractivity contribution in [2.75, 3.05) is 11.5 Å². The van der Waals surface area contributed by atoms with Gasteiger partial charge in [-0.1, -0.05) is 23.8 Å². The van der Waals surface area contributed by atoms with Crippen LogP contribution in [0.15, 0.2) is 66.0 Å². The highest BCUT2D eigenvalue weighted by Gasteiger charge is 2.44. The normalized spacial score (nSPS) is 15.8. The fourth-order valence-corrected chi connectivity index (χ4v) is 4.45. The SMILES string of the molecule is CCOc1ccc(N2C(=O)CC(N(Cc3cccs3)C(=O)c3ccc(C)cc3)C2=O)cc1. The molecule has 32 heavy (non-hydrogen) atoms. The van der Waals surface area contributed by atoms with Crippen LogP contribution in [0.3, 0.4) is 0 Å². The van der Waals surface area contributed by atoms with Crippen molar-refractivity contribution in [3.05, 3.63) is 82.0 Å². The van der Waals surface area contributed by atoms with Crippen LogP contribution < -0.4 is 9.64 Å². The minimum Gasteiger partial charge on any atom is -0.494 e. The summed E-state index contributed by atoms with van der Waals surface area (Å²) in [6.45, 7) is 4.64. The Hall–Kier alpha value is -3.45. The van der Waals surface area contributed by atoms with Crippen LogP contribution in [0.4, 0.5) is 5.69 Å². The van der Waals surface area contributed by atoms with E-state index in [1.54, 1.807) is 36.4 Å². The number of thiophene rings is 1. The van der Waals surface area contributed by atoms with Crippen molar-refractivity contribution in [3.8, 4) is 5.75 Å². The molecule has 2 aromatic carbocycles. The number of hydrogen-bond donors (Lipinski definition) is 0. The summed E-state index contributed by atoms with van der Waals surface area (Å²) < 4.78 is 5.44. The predicted octanol–water partition coefficient (Wildman–Crippen LogP) is 4.43. The molecule has 1 aliphatic heterocycles. The third-order valence-electron chi connectivity index (χ3n) is 5.37. The standard InChI is InChI=1S/C25H24N2O4S/c1-3-31-20-12-10-19(11-13-20)27-23(28)15-22(25(27)30)26(16-21-5-4-14-32-21)24(29)18-8-6-17(2)7-9-18/h4-14,22H,3,15-16H2,1-2H3. The molecule has 3 aromatic rings. The molecule has 2 heterocycles. The van der Waals surface area contributed by atoms with Gasteiger partial charge in [-0.3, -0.25) is 14.4 Å². The molecule has 1 unspecified atom stereocenters. The van der Waals surface area contributed by atoms with Gasteiger partial charge >= 0.3 is 0 Å². The van der Waals surface area contributed by atoms with Crippen LogP contribution in [0.5, 0.6) is 5.75 Å². The van der Waals surface area contributed by atoms with E-state index in [1.165, 1.54) is 21.1 Å². The number of amides is 3. The number of anilines is 1. The second-order valence-corrected chi connectivity index (χ2v) is 8.62. The molecule has 1 atom stereocenters. The minimum absolute atomic E-state index is 0.0466. The van der Waals surface area contributed by atoms with Crippen LogP contribution >= 0.6 is 11.3 Å². The highest BCUT2D eigenvalue weighted by molar-refractivity contribution is 7.09. The lowest BCUT2D eigenvalue weighted by Crippen LogP contribution is -2.45. The molecule has 0 spiro atoms. The third kappa shape index (κ3) is 4.43. The highest BCUT2D eigenvalue weighted by atomic mass is 32.1. The second-order valence-electron chi connectivity index (χ2n) is 7.59. The first-order chi connectivity index (χ1) is 15.5. The molecule has 1 aromatic heterocycles. The number of nitrogens with zero attached hydrogens (tertiary/aromatic N) is 2. The maximum absolute atomic E-state index is 13.4. The minimum atomic E-state index is -0.857. The summed E-state index contributed by atoms with van der Waals surface area (Å²) in [6.07, 6.45) is -0.0466. The molecule has 1 fully saturated rings. The van der Waals surface area contributed by atoms with Gasteiger partial charge in [-0.05, 0) is 61.7 Å². The monoisotopic (exact) mass is 448 g/mol. The number of benzene rings is 2. The molecule has 4 rings (SSSR count). The van der Waals surface area contributed by atoms with Gasteiger partial charge in [0, 0.05) is 10.4 Å². The van der Waals surface area contributed by atoms with Gasteiger partial charge in [0.05, 0.1) is 25.3 Å². The molecule has 0 N–H and O–H groups in total. The smallest absolute Gasteiger partial charge is 0.257 e. The maximum Gasteiger partial charge on any atom is 0.257 e. The van der Waals surface area contributed by atoms with Crippen LogP contribution in [-0.4, -0.2) is 35.3 Å². The Morgan fingerprint density at radius 1 is 1.09 bits per heavy atom. The van der Waals surface area contributed by atoms with E-state index in [4.69, 9.17) is 4.74 Å². The largest absolute Gasteiger partial charge is 0.494 e. The Kier molecular flexibility index (Phi) is 6.37. The zero-order chi connectivity index (χ0) is 22.7. The summed E-state index contributed by atoms with van der Waals surface area (Å²) in [4.78, 5) is 43.3. The summed E-state index contributed by atoms with van der Waals surface area (Å²) in [5.74, 6) is -0.313. The summed E-state index contributed by atoms with van der Waals surface area (Å²) in [5, 5.41) is 1.93. The molecule has 164 valence electrons. The van der Waals surface area contributed by atoms with Crippen molar-refractivity contribution in [2.24, 2.45) is 0 Å². The Morgan fingerprint density at radius 3 is 2.44 bits per heavy atom. The third-order valence-corrected chi connectivity index (χ3v) is 6.23. The lowest BCUT2D eigenvalue weighted by atomic mass is 10.1.